The van der Waals surface area contributed by atoms with Gasteiger partial charge in [-0.2, -0.15) is 0 Å². The molecule has 1 aliphatic heterocycles. The van der Waals surface area contributed by atoms with Crippen LogP contribution in [-0.4, -0.2) is 11.8 Å². The molecule has 3 aromatic rings. The number of carbonyl (C=O) groups is 2. The summed E-state index contributed by atoms with van der Waals surface area (Å²) >= 11 is 0. The van der Waals surface area contributed by atoms with Crippen LogP contribution in [0.2, 0.25) is 0 Å². The van der Waals surface area contributed by atoms with Crippen molar-refractivity contribution in [2.75, 3.05) is 10.6 Å². The zero-order valence-electron chi connectivity index (χ0n) is 13.8. The van der Waals surface area contributed by atoms with Crippen LogP contribution in [0.3, 0.4) is 0 Å². The van der Waals surface area contributed by atoms with Crippen LogP contribution < -0.4 is 10.6 Å². The molecule has 0 fully saturated rings. The maximum atomic E-state index is 12.8. The van der Waals surface area contributed by atoms with Crippen molar-refractivity contribution in [3.05, 3.63) is 95.1 Å². The highest BCUT2D eigenvalue weighted by Crippen LogP contribution is 2.29. The number of nitrogens with zero attached hydrogens (tertiary/aromatic N) is 1. The molecule has 4 nitrogen and oxygen atoms in total. The molecule has 4 rings (SSSR count). The van der Waals surface area contributed by atoms with Gasteiger partial charge in [0.2, 0.25) is 0 Å². The third-order valence-corrected chi connectivity index (χ3v) is 4.14. The molecule has 0 spiro atoms. The summed E-state index contributed by atoms with van der Waals surface area (Å²) in [5.41, 5.74) is 9.04. The summed E-state index contributed by atoms with van der Waals surface area (Å²) in [5.74, 6) is 5.38. The maximum absolute atomic E-state index is 12.8. The Kier molecular flexibility index (Phi) is 3.75. The molecule has 0 saturated carbocycles. The van der Waals surface area contributed by atoms with Gasteiger partial charge in [0.1, 0.15) is 0 Å². The summed E-state index contributed by atoms with van der Waals surface area (Å²) in [6.45, 7) is 0. The average Bonchev–Trinajstić information content (AvgIpc) is 2.91. The van der Waals surface area contributed by atoms with E-state index in [1.165, 1.54) is 0 Å². The van der Waals surface area contributed by atoms with Crippen molar-refractivity contribution in [2.45, 2.75) is 0 Å². The topological polar surface area (TPSA) is 63.4 Å². The van der Waals surface area contributed by atoms with Gasteiger partial charge in [-0.05, 0) is 48.5 Å². The highest BCUT2D eigenvalue weighted by atomic mass is 16.2. The van der Waals surface area contributed by atoms with Crippen LogP contribution in [-0.2, 0) is 0 Å². The van der Waals surface area contributed by atoms with Gasteiger partial charge in [-0.1, -0.05) is 36.1 Å². The number of anilines is 2. The van der Waals surface area contributed by atoms with Gasteiger partial charge in [-0.25, -0.2) is 4.90 Å². The quantitative estimate of drug-likeness (QED) is 0.420. The van der Waals surface area contributed by atoms with Crippen molar-refractivity contribution >= 4 is 23.2 Å². The third-order valence-electron chi connectivity index (χ3n) is 4.14. The SMILES string of the molecule is Nc1cccc(N2C(=O)c3ccc(C#Cc4ccccc4)cc3C2=O)c1. The summed E-state index contributed by atoms with van der Waals surface area (Å²) < 4.78 is 0. The van der Waals surface area contributed by atoms with Gasteiger partial charge in [0, 0.05) is 16.8 Å². The molecule has 124 valence electrons. The van der Waals surface area contributed by atoms with Crippen LogP contribution in [0.25, 0.3) is 0 Å². The van der Waals surface area contributed by atoms with E-state index in [-0.39, 0.29) is 11.8 Å². The largest absolute Gasteiger partial charge is 0.399 e. The smallest absolute Gasteiger partial charge is 0.266 e. The second-order valence-corrected chi connectivity index (χ2v) is 5.92. The monoisotopic (exact) mass is 338 g/mol. The minimum absolute atomic E-state index is 0.349. The van der Waals surface area contributed by atoms with E-state index in [0.29, 0.717) is 28.1 Å². The molecule has 0 unspecified atom stereocenters. The van der Waals surface area contributed by atoms with E-state index in [4.69, 9.17) is 5.73 Å². The predicted molar refractivity (Wildman–Crippen MR) is 101 cm³/mol. The Morgan fingerprint density at radius 3 is 2.19 bits per heavy atom. The van der Waals surface area contributed by atoms with Crippen LogP contribution in [0.4, 0.5) is 11.4 Å². The Balaban J connectivity index is 1.70. The highest BCUT2D eigenvalue weighted by Gasteiger charge is 2.36. The zero-order chi connectivity index (χ0) is 18.1. The molecule has 1 heterocycles. The lowest BCUT2D eigenvalue weighted by Crippen LogP contribution is -2.29. The summed E-state index contributed by atoms with van der Waals surface area (Å²) in [6, 6.07) is 21.4. The number of fused-ring (bicyclic) bond motifs is 1. The molecule has 2 amide bonds. The molecule has 0 saturated heterocycles. The lowest BCUT2D eigenvalue weighted by Gasteiger charge is -2.14. The molecule has 0 aromatic heterocycles. The van der Waals surface area contributed by atoms with Gasteiger partial charge in [-0.3, -0.25) is 9.59 Å². The molecular formula is C22H14N2O2. The van der Waals surface area contributed by atoms with E-state index in [0.717, 1.165) is 10.5 Å². The van der Waals surface area contributed by atoms with E-state index in [1.807, 2.05) is 30.3 Å². The van der Waals surface area contributed by atoms with Crippen molar-refractivity contribution in [2.24, 2.45) is 0 Å². The number of hydrogen-bond acceptors (Lipinski definition) is 3. The number of amides is 2. The first kappa shape index (κ1) is 15.7. The fourth-order valence-electron chi connectivity index (χ4n) is 2.88. The van der Waals surface area contributed by atoms with Gasteiger partial charge >= 0.3 is 0 Å². The van der Waals surface area contributed by atoms with E-state index in [1.54, 1.807) is 42.5 Å². The van der Waals surface area contributed by atoms with Crippen LogP contribution in [0.5, 0.6) is 0 Å². The number of nitrogen functional groups attached to an aromatic ring is 1. The Hall–Kier alpha value is -3.84. The lowest BCUT2D eigenvalue weighted by molar-refractivity contribution is 0.0926. The normalized spacial score (nSPS) is 12.5. The van der Waals surface area contributed by atoms with Gasteiger partial charge in [-0.15, -0.1) is 0 Å². The van der Waals surface area contributed by atoms with Gasteiger partial charge in [0.05, 0.1) is 16.8 Å². The van der Waals surface area contributed by atoms with Crippen LogP contribution >= 0.6 is 0 Å². The Morgan fingerprint density at radius 1 is 0.692 bits per heavy atom. The van der Waals surface area contributed by atoms with E-state index in [2.05, 4.69) is 11.8 Å². The van der Waals surface area contributed by atoms with Crippen LogP contribution in [0, 0.1) is 11.8 Å². The summed E-state index contributed by atoms with van der Waals surface area (Å²) in [4.78, 5) is 26.5. The molecule has 0 radical (unpaired) electrons. The lowest BCUT2D eigenvalue weighted by atomic mass is 10.1. The number of benzene rings is 3. The van der Waals surface area contributed by atoms with Crippen LogP contribution in [0.1, 0.15) is 31.8 Å². The molecule has 2 N–H and O–H groups in total. The van der Waals surface area contributed by atoms with E-state index >= 15 is 0 Å². The van der Waals surface area contributed by atoms with E-state index < -0.39 is 0 Å². The van der Waals surface area contributed by atoms with Crippen molar-refractivity contribution in [1.82, 2.24) is 0 Å². The van der Waals surface area contributed by atoms with Crippen molar-refractivity contribution in [3.63, 3.8) is 0 Å². The fraction of sp³-hybridized carbons (Fsp3) is 0. The summed E-state index contributed by atoms with van der Waals surface area (Å²) in [5, 5.41) is 0. The van der Waals surface area contributed by atoms with Crippen molar-refractivity contribution < 1.29 is 9.59 Å². The Morgan fingerprint density at radius 2 is 1.42 bits per heavy atom. The number of carbonyl (C=O) groups excluding carboxylic acids is 2. The first-order valence-electron chi connectivity index (χ1n) is 8.09. The Labute approximate surface area is 150 Å². The second kappa shape index (κ2) is 6.23. The number of hydrogen-bond donors (Lipinski definition) is 1. The first-order valence-corrected chi connectivity index (χ1v) is 8.09. The standard InChI is InChI=1S/C22H14N2O2/c23-17-7-4-8-18(14-17)24-21(25)19-12-11-16(13-20(19)22(24)26)10-9-15-5-2-1-3-6-15/h1-8,11-14H,23H2. The van der Waals surface area contributed by atoms with Gasteiger partial charge < -0.3 is 5.73 Å². The fourth-order valence-corrected chi connectivity index (χ4v) is 2.88. The molecule has 4 heteroatoms. The predicted octanol–water partition coefficient (Wildman–Crippen LogP) is 3.47. The first-order chi connectivity index (χ1) is 12.6. The van der Waals surface area contributed by atoms with Crippen molar-refractivity contribution in [1.29, 1.82) is 0 Å². The van der Waals surface area contributed by atoms with E-state index in [9.17, 15) is 9.59 Å². The Bertz CT molecular complexity index is 1090. The maximum Gasteiger partial charge on any atom is 0.266 e. The molecule has 0 bridgehead atoms. The van der Waals surface area contributed by atoms with Crippen molar-refractivity contribution in [3.8, 4) is 11.8 Å². The number of imide groups is 1. The minimum atomic E-state index is -0.362. The molecule has 0 atom stereocenters. The summed E-state index contributed by atoms with van der Waals surface area (Å²) in [7, 11) is 0. The average molecular weight is 338 g/mol. The molecule has 3 aromatic carbocycles. The van der Waals surface area contributed by atoms with Gasteiger partial charge in [0.15, 0.2) is 0 Å². The minimum Gasteiger partial charge on any atom is -0.399 e. The molecule has 26 heavy (non-hydrogen) atoms. The molecule has 1 aliphatic rings. The summed E-state index contributed by atoms with van der Waals surface area (Å²) in [6.07, 6.45) is 0. The molecule has 0 aliphatic carbocycles. The van der Waals surface area contributed by atoms with Gasteiger partial charge in [0.25, 0.3) is 11.8 Å². The second-order valence-electron chi connectivity index (χ2n) is 5.92. The van der Waals surface area contributed by atoms with Crippen LogP contribution in [0.15, 0.2) is 72.8 Å². The number of nitrogens with two attached hydrogens (primary N) is 1. The number of rotatable bonds is 1. The highest BCUT2D eigenvalue weighted by molar-refractivity contribution is 6.34. The third kappa shape index (κ3) is 2.72. The zero-order valence-corrected chi connectivity index (χ0v) is 13.8. The molecular weight excluding hydrogens is 324 g/mol.